The quantitative estimate of drug-likeness (QED) is 0.721. The molecule has 1 fully saturated rings. The zero-order chi connectivity index (χ0) is 20.6. The van der Waals surface area contributed by atoms with Crippen LogP contribution in [0.25, 0.3) is 10.6 Å². The van der Waals surface area contributed by atoms with Gasteiger partial charge in [-0.3, -0.25) is 4.79 Å². The summed E-state index contributed by atoms with van der Waals surface area (Å²) in [5.74, 6) is -0.251. The number of nitriles is 1. The lowest BCUT2D eigenvalue weighted by Crippen LogP contribution is -2.44. The molecule has 3 rings (SSSR count). The number of hydrogen-bond donors (Lipinski definition) is 2. The van der Waals surface area contributed by atoms with Crippen LogP contribution >= 0.6 is 11.3 Å². The smallest absolute Gasteiger partial charge is 0.275 e. The second-order valence-electron chi connectivity index (χ2n) is 6.41. The number of benzene rings is 1. The topological polar surface area (TPSA) is 81.0 Å². The molecule has 7 heteroatoms. The molecule has 0 saturated carbocycles. The van der Waals surface area contributed by atoms with Gasteiger partial charge in [0.15, 0.2) is 0 Å². The van der Waals surface area contributed by atoms with Gasteiger partial charge < -0.3 is 15.5 Å². The van der Waals surface area contributed by atoms with Gasteiger partial charge in [0.1, 0.15) is 10.7 Å². The molecule has 0 radical (unpaired) electrons. The maximum atomic E-state index is 12.8. The van der Waals surface area contributed by atoms with Gasteiger partial charge >= 0.3 is 0 Å². The Morgan fingerprint density at radius 2 is 2.07 bits per heavy atom. The van der Waals surface area contributed by atoms with Crippen LogP contribution in [0.15, 0.2) is 65.8 Å². The minimum absolute atomic E-state index is 0.251. The summed E-state index contributed by atoms with van der Waals surface area (Å²) in [6, 6.07) is 9.26. The predicted octanol–water partition coefficient (Wildman–Crippen LogP) is 3.29. The van der Waals surface area contributed by atoms with E-state index in [4.69, 9.17) is 5.26 Å². The normalized spacial score (nSPS) is 15.0. The van der Waals surface area contributed by atoms with Crippen molar-refractivity contribution >= 4 is 17.2 Å². The maximum Gasteiger partial charge on any atom is 0.275 e. The highest BCUT2D eigenvalue weighted by atomic mass is 32.1. The summed E-state index contributed by atoms with van der Waals surface area (Å²) in [6.07, 6.45) is 5.55. The van der Waals surface area contributed by atoms with Crippen LogP contribution in [0.2, 0.25) is 0 Å². The van der Waals surface area contributed by atoms with E-state index >= 15 is 0 Å². The number of thiazole rings is 1. The molecule has 0 aliphatic carbocycles. The average Bonchev–Trinajstić information content (AvgIpc) is 3.27. The summed E-state index contributed by atoms with van der Waals surface area (Å²) in [7, 11) is 0. The summed E-state index contributed by atoms with van der Waals surface area (Å²) in [5, 5.41) is 17.7. The standard InChI is InChI=1S/C22H23N5OS/c1-3-5-20(27-12-10-24-11-13-27)18(4-2)25-21(28)19-15-29-22(26-19)17-8-6-16(14-23)7-9-17/h3-9,15,24H,1,10-13H2,2H3,(H,25,28)/b18-4+,20-5+. The van der Waals surface area contributed by atoms with Crippen molar-refractivity contribution in [2.75, 3.05) is 26.2 Å². The van der Waals surface area contributed by atoms with Crippen LogP contribution in [0.1, 0.15) is 23.0 Å². The van der Waals surface area contributed by atoms with Crippen molar-refractivity contribution < 1.29 is 4.79 Å². The Hall–Kier alpha value is -3.21. The SMILES string of the molecule is C=C/C=C(\C(=C/C)NC(=O)c1csc(-c2ccc(C#N)cc2)n1)N1CCNCC1. The Morgan fingerprint density at radius 3 is 2.69 bits per heavy atom. The van der Waals surface area contributed by atoms with Gasteiger partial charge in [-0.1, -0.05) is 30.9 Å². The van der Waals surface area contributed by atoms with Crippen molar-refractivity contribution in [3.05, 3.63) is 77.1 Å². The number of allylic oxidation sites excluding steroid dienone is 3. The molecule has 1 aromatic heterocycles. The number of nitrogens with zero attached hydrogens (tertiary/aromatic N) is 3. The minimum Gasteiger partial charge on any atom is -0.367 e. The lowest BCUT2D eigenvalue weighted by atomic mass is 10.1. The summed E-state index contributed by atoms with van der Waals surface area (Å²) < 4.78 is 0. The highest BCUT2D eigenvalue weighted by Gasteiger charge is 2.19. The first-order chi connectivity index (χ1) is 14.2. The molecule has 1 aliphatic heterocycles. The van der Waals surface area contributed by atoms with E-state index in [0.717, 1.165) is 48.1 Å². The van der Waals surface area contributed by atoms with Crippen LogP contribution in [0.4, 0.5) is 0 Å². The molecule has 1 aromatic carbocycles. The molecule has 0 bridgehead atoms. The molecule has 1 saturated heterocycles. The molecule has 1 aliphatic rings. The van der Waals surface area contributed by atoms with Gasteiger partial charge in [0.05, 0.1) is 23.0 Å². The molecule has 0 unspecified atom stereocenters. The highest BCUT2D eigenvalue weighted by molar-refractivity contribution is 7.13. The van der Waals surface area contributed by atoms with E-state index in [0.29, 0.717) is 11.3 Å². The summed E-state index contributed by atoms with van der Waals surface area (Å²) in [4.78, 5) is 19.5. The fourth-order valence-corrected chi connectivity index (χ4v) is 3.86. The van der Waals surface area contributed by atoms with Crippen molar-refractivity contribution in [3.63, 3.8) is 0 Å². The molecule has 2 aromatic rings. The van der Waals surface area contributed by atoms with Gasteiger partial charge in [0.25, 0.3) is 5.91 Å². The number of hydrogen-bond acceptors (Lipinski definition) is 6. The molecule has 6 nitrogen and oxygen atoms in total. The van der Waals surface area contributed by atoms with Gasteiger partial charge in [-0.25, -0.2) is 4.98 Å². The van der Waals surface area contributed by atoms with E-state index in [1.165, 1.54) is 11.3 Å². The van der Waals surface area contributed by atoms with Crippen molar-refractivity contribution in [2.45, 2.75) is 6.92 Å². The minimum atomic E-state index is -0.251. The van der Waals surface area contributed by atoms with Gasteiger partial charge in [-0.2, -0.15) is 5.26 Å². The highest BCUT2D eigenvalue weighted by Crippen LogP contribution is 2.24. The van der Waals surface area contributed by atoms with E-state index in [-0.39, 0.29) is 5.91 Å². The number of carbonyl (C=O) groups excluding carboxylic acids is 1. The molecule has 0 spiro atoms. The average molecular weight is 406 g/mol. The number of piperazine rings is 1. The van der Waals surface area contributed by atoms with Gasteiger partial charge in [0, 0.05) is 37.1 Å². The molecule has 2 heterocycles. The fourth-order valence-electron chi connectivity index (χ4n) is 3.05. The van der Waals surface area contributed by atoms with E-state index in [2.05, 4.69) is 33.2 Å². The third-order valence-electron chi connectivity index (χ3n) is 4.54. The molecular formula is C22H23N5OS. The third kappa shape index (κ3) is 4.99. The van der Waals surface area contributed by atoms with Crippen LogP contribution in [0, 0.1) is 11.3 Å². The Kier molecular flexibility index (Phi) is 6.95. The van der Waals surface area contributed by atoms with Crippen LogP contribution < -0.4 is 10.6 Å². The molecular weight excluding hydrogens is 382 g/mol. The fraction of sp³-hybridized carbons (Fsp3) is 0.227. The molecule has 1 amide bonds. The van der Waals surface area contributed by atoms with E-state index in [1.54, 1.807) is 23.6 Å². The summed E-state index contributed by atoms with van der Waals surface area (Å²) in [6.45, 7) is 9.25. The van der Waals surface area contributed by atoms with Crippen molar-refractivity contribution in [3.8, 4) is 16.6 Å². The van der Waals surface area contributed by atoms with Gasteiger partial charge in [-0.05, 0) is 25.1 Å². The van der Waals surface area contributed by atoms with Crippen LogP contribution in [-0.2, 0) is 0 Å². The number of amides is 1. The van der Waals surface area contributed by atoms with E-state index in [9.17, 15) is 4.79 Å². The molecule has 2 N–H and O–H groups in total. The zero-order valence-electron chi connectivity index (χ0n) is 16.3. The van der Waals surface area contributed by atoms with Crippen molar-refractivity contribution in [2.24, 2.45) is 0 Å². The predicted molar refractivity (Wildman–Crippen MR) is 116 cm³/mol. The van der Waals surface area contributed by atoms with Crippen LogP contribution in [0.3, 0.4) is 0 Å². The lowest BCUT2D eigenvalue weighted by Gasteiger charge is -2.32. The second kappa shape index (κ2) is 9.82. The van der Waals surface area contributed by atoms with Crippen molar-refractivity contribution in [1.29, 1.82) is 5.26 Å². The third-order valence-corrected chi connectivity index (χ3v) is 5.44. The summed E-state index contributed by atoms with van der Waals surface area (Å²) in [5.41, 5.74) is 3.53. The van der Waals surface area contributed by atoms with Crippen LogP contribution in [-0.4, -0.2) is 42.0 Å². The number of nitrogens with one attached hydrogen (secondary N) is 2. The van der Waals surface area contributed by atoms with Crippen LogP contribution in [0.5, 0.6) is 0 Å². The molecule has 0 atom stereocenters. The first-order valence-electron chi connectivity index (χ1n) is 9.38. The maximum absolute atomic E-state index is 12.8. The Bertz CT molecular complexity index is 975. The second-order valence-corrected chi connectivity index (χ2v) is 7.27. The van der Waals surface area contributed by atoms with Crippen molar-refractivity contribution in [1.82, 2.24) is 20.5 Å². The van der Waals surface area contributed by atoms with E-state index in [1.807, 2.05) is 31.2 Å². The first kappa shape index (κ1) is 20.5. The molecule has 29 heavy (non-hydrogen) atoms. The first-order valence-corrected chi connectivity index (χ1v) is 10.3. The summed E-state index contributed by atoms with van der Waals surface area (Å²) >= 11 is 1.40. The number of rotatable bonds is 6. The van der Waals surface area contributed by atoms with Gasteiger partial charge in [0.2, 0.25) is 0 Å². The Morgan fingerprint density at radius 1 is 1.34 bits per heavy atom. The Labute approximate surface area is 174 Å². The monoisotopic (exact) mass is 405 g/mol. The number of carbonyl (C=O) groups is 1. The number of aromatic nitrogens is 1. The zero-order valence-corrected chi connectivity index (χ0v) is 17.1. The Balaban J connectivity index is 1.75. The largest absolute Gasteiger partial charge is 0.367 e. The lowest BCUT2D eigenvalue weighted by molar-refractivity contribution is 0.0960. The van der Waals surface area contributed by atoms with E-state index < -0.39 is 0 Å². The molecule has 148 valence electrons. The van der Waals surface area contributed by atoms with Gasteiger partial charge in [-0.15, -0.1) is 11.3 Å².